The normalized spacial score (nSPS) is 27.7. The largest absolute Gasteiger partial charge is 0.313 e. The molecule has 19 heavy (non-hydrogen) atoms. The van der Waals surface area contributed by atoms with Gasteiger partial charge in [-0.05, 0) is 46.2 Å². The van der Waals surface area contributed by atoms with Crippen LogP contribution >= 0.6 is 0 Å². The Balaban J connectivity index is 1.92. The lowest BCUT2D eigenvalue weighted by molar-refractivity contribution is 0.187. The van der Waals surface area contributed by atoms with Crippen molar-refractivity contribution in [3.05, 3.63) is 0 Å². The summed E-state index contributed by atoms with van der Waals surface area (Å²) in [5.41, 5.74) is 0. The predicted molar refractivity (Wildman–Crippen MR) is 77.7 cm³/mol. The van der Waals surface area contributed by atoms with Gasteiger partial charge in [-0.2, -0.15) is 0 Å². The van der Waals surface area contributed by atoms with E-state index in [0.717, 1.165) is 25.9 Å². The van der Waals surface area contributed by atoms with Crippen LogP contribution in [0.5, 0.6) is 0 Å². The second kappa shape index (κ2) is 6.08. The molecule has 2 unspecified atom stereocenters. The zero-order valence-corrected chi connectivity index (χ0v) is 13.1. The van der Waals surface area contributed by atoms with E-state index in [1.54, 1.807) is 11.4 Å². The first-order valence-electron chi connectivity index (χ1n) is 7.30. The lowest BCUT2D eigenvalue weighted by Gasteiger charge is -2.36. The second-order valence-electron chi connectivity index (χ2n) is 6.11. The molecule has 1 aliphatic heterocycles. The molecule has 6 heteroatoms. The third kappa shape index (κ3) is 3.90. The van der Waals surface area contributed by atoms with Gasteiger partial charge in [0.25, 0.3) is 0 Å². The van der Waals surface area contributed by atoms with Crippen LogP contribution in [0.25, 0.3) is 0 Å². The van der Waals surface area contributed by atoms with Gasteiger partial charge in [0.05, 0.1) is 5.25 Å². The van der Waals surface area contributed by atoms with E-state index in [1.807, 2.05) is 6.92 Å². The van der Waals surface area contributed by atoms with Gasteiger partial charge in [-0.3, -0.25) is 0 Å². The van der Waals surface area contributed by atoms with E-state index in [1.165, 1.54) is 12.8 Å². The molecule has 0 aromatic heterocycles. The summed E-state index contributed by atoms with van der Waals surface area (Å²) >= 11 is 0. The number of likely N-dealkylation sites (tertiary alicyclic amines) is 1. The van der Waals surface area contributed by atoms with Crippen molar-refractivity contribution < 1.29 is 8.42 Å². The van der Waals surface area contributed by atoms with E-state index >= 15 is 0 Å². The van der Waals surface area contributed by atoms with E-state index in [9.17, 15) is 8.42 Å². The molecule has 0 spiro atoms. The van der Waals surface area contributed by atoms with Crippen LogP contribution in [0.1, 0.15) is 32.6 Å². The van der Waals surface area contributed by atoms with Crippen LogP contribution < -0.4 is 5.32 Å². The van der Waals surface area contributed by atoms with Gasteiger partial charge in [-0.25, -0.2) is 12.7 Å². The number of sulfonamides is 1. The van der Waals surface area contributed by atoms with Crippen molar-refractivity contribution in [2.24, 2.45) is 0 Å². The number of piperidine rings is 1. The average Bonchev–Trinajstić information content (AvgIpc) is 3.18. The Morgan fingerprint density at radius 2 is 2.05 bits per heavy atom. The molecule has 1 saturated carbocycles. The van der Waals surface area contributed by atoms with Gasteiger partial charge in [0.2, 0.25) is 10.0 Å². The molecule has 2 atom stereocenters. The van der Waals surface area contributed by atoms with Crippen LogP contribution in [0.3, 0.4) is 0 Å². The molecule has 2 rings (SSSR count). The van der Waals surface area contributed by atoms with Crippen molar-refractivity contribution in [1.82, 2.24) is 14.5 Å². The Kier molecular flexibility index (Phi) is 4.87. The smallest absolute Gasteiger partial charge is 0.218 e. The van der Waals surface area contributed by atoms with Crippen molar-refractivity contribution in [2.75, 3.05) is 33.7 Å². The highest BCUT2D eigenvalue weighted by molar-refractivity contribution is 7.89. The van der Waals surface area contributed by atoms with Gasteiger partial charge < -0.3 is 10.2 Å². The molecule has 5 nitrogen and oxygen atoms in total. The lowest BCUT2D eigenvalue weighted by Crippen LogP contribution is -2.50. The summed E-state index contributed by atoms with van der Waals surface area (Å²) in [6.07, 6.45) is 4.44. The fraction of sp³-hybridized carbons (Fsp3) is 1.00. The van der Waals surface area contributed by atoms with Gasteiger partial charge in [0.1, 0.15) is 0 Å². The first-order valence-corrected chi connectivity index (χ1v) is 8.80. The van der Waals surface area contributed by atoms with E-state index in [4.69, 9.17) is 0 Å². The first-order chi connectivity index (χ1) is 8.91. The third-order valence-corrected chi connectivity index (χ3v) is 6.58. The molecule has 112 valence electrons. The molecule has 2 aliphatic rings. The number of hydrogen-bond donors (Lipinski definition) is 1. The molecule has 2 fully saturated rings. The van der Waals surface area contributed by atoms with Crippen LogP contribution in [0.4, 0.5) is 0 Å². The predicted octanol–water partition coefficient (Wildman–Crippen LogP) is 0.483. The standard InChI is InChI=1S/C13H27N3O2S/c1-11(9-14-12-6-7-12)19(17,18)16(3)13-5-4-8-15(2)10-13/h11-14H,4-10H2,1-3H3. The molecule has 0 bridgehead atoms. The fourth-order valence-electron chi connectivity index (χ4n) is 2.65. The summed E-state index contributed by atoms with van der Waals surface area (Å²) in [6.45, 7) is 4.30. The number of nitrogens with one attached hydrogen (secondary N) is 1. The second-order valence-corrected chi connectivity index (χ2v) is 8.52. The molecular formula is C13H27N3O2S. The maximum atomic E-state index is 12.5. The maximum Gasteiger partial charge on any atom is 0.218 e. The van der Waals surface area contributed by atoms with E-state index in [-0.39, 0.29) is 11.3 Å². The molecule has 1 aliphatic carbocycles. The highest BCUT2D eigenvalue weighted by Gasteiger charge is 2.33. The molecule has 1 heterocycles. The number of nitrogens with zero attached hydrogens (tertiary/aromatic N) is 2. The highest BCUT2D eigenvalue weighted by Crippen LogP contribution is 2.21. The topological polar surface area (TPSA) is 52.7 Å². The van der Waals surface area contributed by atoms with Gasteiger partial charge in [-0.15, -0.1) is 0 Å². The van der Waals surface area contributed by atoms with E-state index < -0.39 is 10.0 Å². The van der Waals surface area contributed by atoms with Crippen molar-refractivity contribution in [1.29, 1.82) is 0 Å². The summed E-state index contributed by atoms with van der Waals surface area (Å²) < 4.78 is 26.7. The zero-order chi connectivity index (χ0) is 14.0. The van der Waals surface area contributed by atoms with Crippen molar-refractivity contribution in [3.8, 4) is 0 Å². The summed E-state index contributed by atoms with van der Waals surface area (Å²) in [5.74, 6) is 0. The van der Waals surface area contributed by atoms with Crippen molar-refractivity contribution in [3.63, 3.8) is 0 Å². The van der Waals surface area contributed by atoms with E-state index in [0.29, 0.717) is 12.6 Å². The van der Waals surface area contributed by atoms with Gasteiger partial charge in [0.15, 0.2) is 0 Å². The maximum absolute atomic E-state index is 12.5. The molecule has 1 saturated heterocycles. The zero-order valence-electron chi connectivity index (χ0n) is 12.3. The quantitative estimate of drug-likeness (QED) is 0.773. The van der Waals surface area contributed by atoms with Crippen LogP contribution in [0, 0.1) is 0 Å². The first kappa shape index (κ1) is 15.2. The minimum Gasteiger partial charge on any atom is -0.313 e. The Labute approximate surface area is 117 Å². The van der Waals surface area contributed by atoms with Crippen LogP contribution in [-0.4, -0.2) is 68.7 Å². The summed E-state index contributed by atoms with van der Waals surface area (Å²) in [7, 11) is 0.617. The van der Waals surface area contributed by atoms with Gasteiger partial charge >= 0.3 is 0 Å². The SMILES string of the molecule is CC(CNC1CC1)S(=O)(=O)N(C)C1CCCN(C)C1. The lowest BCUT2D eigenvalue weighted by atomic mass is 10.1. The Morgan fingerprint density at radius 1 is 1.37 bits per heavy atom. The monoisotopic (exact) mass is 289 g/mol. The van der Waals surface area contributed by atoms with Crippen molar-refractivity contribution in [2.45, 2.75) is 49.9 Å². The van der Waals surface area contributed by atoms with Crippen LogP contribution in [-0.2, 0) is 10.0 Å². The fourth-order valence-corrected chi connectivity index (χ4v) is 4.12. The Hall–Kier alpha value is -0.170. The highest BCUT2D eigenvalue weighted by atomic mass is 32.2. The van der Waals surface area contributed by atoms with Gasteiger partial charge in [-0.1, -0.05) is 0 Å². The molecule has 0 aromatic rings. The minimum atomic E-state index is -3.19. The molecular weight excluding hydrogens is 262 g/mol. The average molecular weight is 289 g/mol. The van der Waals surface area contributed by atoms with E-state index in [2.05, 4.69) is 17.3 Å². The number of likely N-dealkylation sites (N-methyl/N-ethyl adjacent to an activating group) is 2. The summed E-state index contributed by atoms with van der Waals surface area (Å²) in [5, 5.41) is 2.97. The Bertz CT molecular complexity index is 395. The van der Waals surface area contributed by atoms with Crippen molar-refractivity contribution >= 4 is 10.0 Å². The van der Waals surface area contributed by atoms with Gasteiger partial charge in [0, 0.05) is 32.2 Å². The van der Waals surface area contributed by atoms with Crippen LogP contribution in [0.2, 0.25) is 0 Å². The molecule has 0 radical (unpaired) electrons. The number of rotatable bonds is 6. The van der Waals surface area contributed by atoms with Crippen LogP contribution in [0.15, 0.2) is 0 Å². The third-order valence-electron chi connectivity index (χ3n) is 4.30. The molecule has 0 aromatic carbocycles. The number of hydrogen-bond acceptors (Lipinski definition) is 4. The molecule has 0 amide bonds. The Morgan fingerprint density at radius 3 is 2.63 bits per heavy atom. The summed E-state index contributed by atoms with van der Waals surface area (Å²) in [6, 6.07) is 0.691. The molecule has 1 N–H and O–H groups in total. The minimum absolute atomic E-state index is 0.132. The summed E-state index contributed by atoms with van der Waals surface area (Å²) in [4.78, 5) is 2.22.